The van der Waals surface area contributed by atoms with Gasteiger partial charge >= 0.3 is 0 Å². The minimum atomic E-state index is -3.00. The molecule has 0 amide bonds. The molecule has 1 rings (SSSR count). The van der Waals surface area contributed by atoms with Gasteiger partial charge in [0.05, 0.1) is 4.90 Å². The fourth-order valence-corrected chi connectivity index (χ4v) is 1.22. The van der Waals surface area contributed by atoms with Crippen molar-refractivity contribution in [2.75, 3.05) is 0 Å². The van der Waals surface area contributed by atoms with E-state index in [1.165, 1.54) is 0 Å². The molecule has 2 nitrogen and oxygen atoms in total. The molecule has 0 saturated carbocycles. The minimum Gasteiger partial charge on any atom is -0.310 e. The molecular weight excluding hydrogens is 148 g/mol. The van der Waals surface area contributed by atoms with Gasteiger partial charge in [-0.25, -0.2) is 4.21 Å². The molecule has 0 bridgehead atoms. The molecule has 0 heterocycles. The van der Waals surface area contributed by atoms with Crippen molar-refractivity contribution in [3.8, 4) is 0 Å². The lowest BCUT2D eigenvalue weighted by molar-refractivity contribution is 0.560. The van der Waals surface area contributed by atoms with Crippen molar-refractivity contribution in [3.05, 3.63) is 30.3 Å². The summed E-state index contributed by atoms with van der Waals surface area (Å²) < 4.78 is 19.7. The van der Waals surface area contributed by atoms with Gasteiger partial charge in [0.15, 0.2) is 0 Å². The van der Waals surface area contributed by atoms with Gasteiger partial charge in [0.25, 0.3) is 0 Å². The summed E-state index contributed by atoms with van der Waals surface area (Å²) in [5.74, 6) is 3.12. The highest BCUT2D eigenvalue weighted by Gasteiger charge is 1.98. The molecular formula is C7H8O2S. The van der Waals surface area contributed by atoms with Crippen LogP contribution in [0.3, 0.4) is 0 Å². The van der Waals surface area contributed by atoms with Crippen molar-refractivity contribution in [1.82, 2.24) is 0 Å². The highest BCUT2D eigenvalue weighted by molar-refractivity contribution is 7.95. The van der Waals surface area contributed by atoms with Crippen LogP contribution in [0.2, 0.25) is 0 Å². The van der Waals surface area contributed by atoms with Crippen LogP contribution in [0, 0.1) is 0 Å². The first-order valence-electron chi connectivity index (χ1n) is 2.75. The Hall–Kier alpha value is -0.800. The molecule has 0 aliphatic carbocycles. The van der Waals surface area contributed by atoms with E-state index in [9.17, 15) is 4.21 Å². The maximum atomic E-state index is 10.8. The zero-order valence-electron chi connectivity index (χ0n) is 5.36. The summed E-state index contributed by atoms with van der Waals surface area (Å²) in [5.41, 5.74) is 0. The van der Waals surface area contributed by atoms with Gasteiger partial charge in [0.2, 0.25) is 0 Å². The van der Waals surface area contributed by atoms with Gasteiger partial charge in [-0.05, 0) is 18.0 Å². The van der Waals surface area contributed by atoms with Crippen LogP contribution in [0.1, 0.15) is 0 Å². The van der Waals surface area contributed by atoms with E-state index < -0.39 is 9.80 Å². The van der Waals surface area contributed by atoms with E-state index in [-0.39, 0.29) is 0 Å². The van der Waals surface area contributed by atoms with Gasteiger partial charge in [0, 0.05) is 0 Å². The second-order valence-corrected chi connectivity index (χ2v) is 3.71. The third kappa shape index (κ3) is 1.59. The predicted molar refractivity (Wildman–Crippen MR) is 42.6 cm³/mol. The molecule has 10 heavy (non-hydrogen) atoms. The highest BCUT2D eigenvalue weighted by atomic mass is 32.2. The molecule has 1 unspecified atom stereocenters. The summed E-state index contributed by atoms with van der Waals surface area (Å²) in [5, 5.41) is 0. The average molecular weight is 156 g/mol. The first kappa shape index (κ1) is 7.31. The molecule has 54 valence electrons. The van der Waals surface area contributed by atoms with Crippen molar-refractivity contribution in [3.63, 3.8) is 0 Å². The van der Waals surface area contributed by atoms with Gasteiger partial charge in [-0.2, -0.15) is 0 Å². The van der Waals surface area contributed by atoms with Crippen molar-refractivity contribution in [1.29, 1.82) is 0 Å². The largest absolute Gasteiger partial charge is 0.310 e. The molecule has 0 saturated heterocycles. The lowest BCUT2D eigenvalue weighted by Crippen LogP contribution is -1.95. The quantitative estimate of drug-likeness (QED) is 0.621. The average Bonchev–Trinajstić information content (AvgIpc) is 1.88. The van der Waals surface area contributed by atoms with Crippen LogP contribution in [0.25, 0.3) is 0 Å². The monoisotopic (exact) mass is 156 g/mol. The third-order valence-electron chi connectivity index (χ3n) is 1.11. The highest BCUT2D eigenvalue weighted by Crippen LogP contribution is 2.05. The van der Waals surface area contributed by atoms with E-state index in [0.29, 0.717) is 4.90 Å². The Morgan fingerprint density at radius 3 is 2.10 bits per heavy atom. The molecule has 0 aliphatic heterocycles. The SMILES string of the molecule is C=S(=O)(O)c1ccccc1. The zero-order valence-corrected chi connectivity index (χ0v) is 6.17. The number of rotatable bonds is 1. The van der Waals surface area contributed by atoms with Gasteiger partial charge in [-0.15, -0.1) is 0 Å². The molecule has 1 N–H and O–H groups in total. The molecule has 0 aliphatic rings. The van der Waals surface area contributed by atoms with Crippen molar-refractivity contribution < 1.29 is 8.76 Å². The summed E-state index contributed by atoms with van der Waals surface area (Å²) in [6.07, 6.45) is 0. The maximum Gasteiger partial charge on any atom is 0.104 e. The fourth-order valence-electron chi connectivity index (χ4n) is 0.633. The van der Waals surface area contributed by atoms with E-state index >= 15 is 0 Å². The molecule has 3 heteroatoms. The van der Waals surface area contributed by atoms with E-state index in [2.05, 4.69) is 5.87 Å². The van der Waals surface area contributed by atoms with Gasteiger partial charge < -0.3 is 4.55 Å². The normalized spacial score (nSPS) is 16.1. The Kier molecular flexibility index (Phi) is 1.78. The molecule has 1 aromatic rings. The Labute approximate surface area is 60.3 Å². The van der Waals surface area contributed by atoms with Crippen LogP contribution < -0.4 is 0 Å². The summed E-state index contributed by atoms with van der Waals surface area (Å²) in [4.78, 5) is 0.370. The van der Waals surface area contributed by atoms with Crippen LogP contribution in [-0.2, 0) is 9.80 Å². The molecule has 0 spiro atoms. The van der Waals surface area contributed by atoms with Gasteiger partial charge in [0.1, 0.15) is 9.80 Å². The molecule has 0 radical (unpaired) electrons. The zero-order chi connectivity index (χ0) is 7.61. The summed E-state index contributed by atoms with van der Waals surface area (Å²) in [6.45, 7) is 0. The summed E-state index contributed by atoms with van der Waals surface area (Å²) >= 11 is 0. The van der Waals surface area contributed by atoms with E-state index in [1.54, 1.807) is 30.3 Å². The molecule has 0 fully saturated rings. The second kappa shape index (κ2) is 2.44. The minimum absolute atomic E-state index is 0.370. The Morgan fingerprint density at radius 2 is 1.80 bits per heavy atom. The standard InChI is InChI=1S/C7H8O2S/c1-10(8,9)7-5-3-2-4-6-7/h2-6H,1H2,(H,8,9). The fraction of sp³-hybridized carbons (Fsp3) is 0. The molecule has 1 aromatic carbocycles. The van der Waals surface area contributed by atoms with E-state index in [1.807, 2.05) is 0 Å². The van der Waals surface area contributed by atoms with E-state index in [4.69, 9.17) is 4.55 Å². The van der Waals surface area contributed by atoms with Gasteiger partial charge in [-0.3, -0.25) is 0 Å². The summed E-state index contributed by atoms with van der Waals surface area (Å²) in [6, 6.07) is 8.35. The van der Waals surface area contributed by atoms with Crippen LogP contribution in [0.4, 0.5) is 0 Å². The van der Waals surface area contributed by atoms with Crippen molar-refractivity contribution >= 4 is 15.7 Å². The number of benzene rings is 1. The topological polar surface area (TPSA) is 37.3 Å². The number of hydrogen-bond donors (Lipinski definition) is 1. The van der Waals surface area contributed by atoms with E-state index in [0.717, 1.165) is 0 Å². The molecule has 0 aromatic heterocycles. The second-order valence-electron chi connectivity index (χ2n) is 1.95. The van der Waals surface area contributed by atoms with Crippen molar-refractivity contribution in [2.45, 2.75) is 4.90 Å². The summed E-state index contributed by atoms with van der Waals surface area (Å²) in [7, 11) is -3.00. The van der Waals surface area contributed by atoms with Crippen LogP contribution in [0.5, 0.6) is 0 Å². The Bertz CT molecular complexity index is 300. The smallest absolute Gasteiger partial charge is 0.104 e. The van der Waals surface area contributed by atoms with Crippen molar-refractivity contribution in [2.24, 2.45) is 0 Å². The maximum absolute atomic E-state index is 10.8. The van der Waals surface area contributed by atoms with Crippen LogP contribution >= 0.6 is 0 Å². The Balaban J connectivity index is 3.22. The predicted octanol–water partition coefficient (Wildman–Crippen LogP) is 1.23. The first-order chi connectivity index (χ1) is 4.61. The lowest BCUT2D eigenvalue weighted by Gasteiger charge is -1.97. The first-order valence-corrected chi connectivity index (χ1v) is 4.44. The lowest BCUT2D eigenvalue weighted by atomic mass is 10.4. The van der Waals surface area contributed by atoms with Crippen LogP contribution in [0.15, 0.2) is 35.2 Å². The number of hydrogen-bond acceptors (Lipinski definition) is 1. The Morgan fingerprint density at radius 1 is 1.30 bits per heavy atom. The van der Waals surface area contributed by atoms with Gasteiger partial charge in [-0.1, -0.05) is 18.2 Å². The van der Waals surface area contributed by atoms with Crippen LogP contribution in [-0.4, -0.2) is 14.6 Å². The molecule has 1 atom stereocenters. The third-order valence-corrected chi connectivity index (χ3v) is 2.12.